The molecule has 0 radical (unpaired) electrons. The third-order valence-electron chi connectivity index (χ3n) is 3.81. The van der Waals surface area contributed by atoms with E-state index in [0.717, 1.165) is 11.6 Å². The number of aliphatic hydroxyl groups excluding tert-OH is 1. The summed E-state index contributed by atoms with van der Waals surface area (Å²) < 4.78 is 29.7. The first kappa shape index (κ1) is 22.9. The lowest BCUT2D eigenvalue weighted by Crippen LogP contribution is -2.29. The van der Waals surface area contributed by atoms with Gasteiger partial charge in [-0.2, -0.15) is 0 Å². The van der Waals surface area contributed by atoms with Gasteiger partial charge in [0.15, 0.2) is 6.10 Å². The average Bonchev–Trinajstić information content (AvgIpc) is 2.66. The molecular weight excluding hydrogens is 403 g/mol. The van der Waals surface area contributed by atoms with Gasteiger partial charge in [-0.25, -0.2) is 9.18 Å². The van der Waals surface area contributed by atoms with Gasteiger partial charge in [0.2, 0.25) is 0 Å². The number of halogens is 2. The maximum Gasteiger partial charge on any atom is 0.333 e. The van der Waals surface area contributed by atoms with Gasteiger partial charge in [0.25, 0.3) is 0 Å². The van der Waals surface area contributed by atoms with Crippen LogP contribution in [0.1, 0.15) is 19.4 Å². The van der Waals surface area contributed by atoms with E-state index in [4.69, 9.17) is 25.8 Å². The Morgan fingerprint density at radius 2 is 1.76 bits per heavy atom. The largest absolute Gasteiger partial charge is 0.491 e. The molecule has 0 aliphatic rings. The first-order valence-corrected chi connectivity index (χ1v) is 9.48. The van der Waals surface area contributed by atoms with Crippen molar-refractivity contribution in [3.8, 4) is 11.5 Å². The average molecular weight is 427 g/mol. The van der Waals surface area contributed by atoms with Crippen molar-refractivity contribution in [3.63, 3.8) is 0 Å². The molecule has 2 aromatic rings. The number of hydrogen-bond acceptors (Lipinski definition) is 5. The van der Waals surface area contributed by atoms with Crippen LogP contribution in [0.2, 0.25) is 5.02 Å². The van der Waals surface area contributed by atoms with E-state index >= 15 is 0 Å². The van der Waals surface area contributed by atoms with E-state index in [2.05, 4.69) is 0 Å². The van der Waals surface area contributed by atoms with E-state index in [1.165, 1.54) is 12.1 Å². The molecule has 0 aromatic heterocycles. The Morgan fingerprint density at radius 3 is 2.34 bits per heavy atom. The molecule has 0 bridgehead atoms. The van der Waals surface area contributed by atoms with Crippen molar-refractivity contribution in [1.29, 1.82) is 0 Å². The Balaban J connectivity index is 1.86. The van der Waals surface area contributed by atoms with Crippen molar-refractivity contribution in [2.24, 2.45) is 0 Å². The van der Waals surface area contributed by atoms with Crippen LogP contribution in [0.4, 0.5) is 4.39 Å². The molecule has 0 amide bonds. The predicted octanol–water partition coefficient (Wildman–Crippen LogP) is 3.72. The molecule has 0 heterocycles. The summed E-state index contributed by atoms with van der Waals surface area (Å²) in [5.74, 6) is -0.908. The van der Waals surface area contributed by atoms with Gasteiger partial charge in [0, 0.05) is 12.5 Å². The van der Waals surface area contributed by atoms with Gasteiger partial charge >= 0.3 is 5.97 Å². The SMILES string of the molecule is CC(C)OC(Cc1cccc(OCC(O)COc2ccc(Cl)c(F)c2)c1)C(=O)O. The lowest BCUT2D eigenvalue weighted by atomic mass is 10.1. The molecule has 2 atom stereocenters. The third-order valence-corrected chi connectivity index (χ3v) is 4.11. The number of aliphatic hydroxyl groups is 1. The van der Waals surface area contributed by atoms with Crippen molar-refractivity contribution < 1.29 is 33.6 Å². The molecule has 0 aliphatic carbocycles. The summed E-state index contributed by atoms with van der Waals surface area (Å²) in [7, 11) is 0. The molecule has 6 nitrogen and oxygen atoms in total. The number of benzene rings is 2. The highest BCUT2D eigenvalue weighted by Gasteiger charge is 2.20. The molecule has 0 saturated carbocycles. The van der Waals surface area contributed by atoms with E-state index in [-0.39, 0.29) is 36.5 Å². The first-order chi connectivity index (χ1) is 13.7. The highest BCUT2D eigenvalue weighted by molar-refractivity contribution is 6.30. The quantitative estimate of drug-likeness (QED) is 0.569. The molecule has 0 fully saturated rings. The van der Waals surface area contributed by atoms with Gasteiger partial charge in [0.05, 0.1) is 11.1 Å². The fourth-order valence-electron chi connectivity index (χ4n) is 2.50. The molecule has 2 unspecified atom stereocenters. The number of aliphatic carboxylic acids is 1. The molecule has 29 heavy (non-hydrogen) atoms. The number of carboxylic acid groups (broad SMARTS) is 1. The molecular formula is C21H24ClFO6. The highest BCUT2D eigenvalue weighted by atomic mass is 35.5. The summed E-state index contributed by atoms with van der Waals surface area (Å²) >= 11 is 5.61. The lowest BCUT2D eigenvalue weighted by Gasteiger charge is -2.17. The van der Waals surface area contributed by atoms with Crippen molar-refractivity contribution in [2.75, 3.05) is 13.2 Å². The highest BCUT2D eigenvalue weighted by Crippen LogP contribution is 2.21. The standard InChI is InChI=1S/C21H24ClFO6/c1-13(2)29-20(21(25)26)9-14-4-3-5-16(8-14)27-11-15(24)12-28-17-6-7-18(22)19(23)10-17/h3-8,10,13,15,20,24H,9,11-12H2,1-2H3,(H,25,26). The van der Waals surface area contributed by atoms with Crippen LogP contribution in [-0.2, 0) is 16.0 Å². The van der Waals surface area contributed by atoms with Crippen LogP contribution in [0.5, 0.6) is 11.5 Å². The molecule has 2 rings (SSSR count). The monoisotopic (exact) mass is 426 g/mol. The number of carbonyl (C=O) groups is 1. The Bertz CT molecular complexity index is 814. The zero-order chi connectivity index (χ0) is 21.4. The normalized spacial score (nSPS) is 13.2. The second kappa shape index (κ2) is 11.0. The van der Waals surface area contributed by atoms with E-state index in [1.807, 2.05) is 0 Å². The van der Waals surface area contributed by atoms with Crippen LogP contribution in [0.15, 0.2) is 42.5 Å². The summed E-state index contributed by atoms with van der Waals surface area (Å²) in [6.45, 7) is 3.41. The summed E-state index contributed by atoms with van der Waals surface area (Å²) in [6.07, 6.45) is -1.92. The molecule has 0 spiro atoms. The van der Waals surface area contributed by atoms with Gasteiger partial charge in [-0.3, -0.25) is 0 Å². The lowest BCUT2D eigenvalue weighted by molar-refractivity contribution is -0.153. The maximum absolute atomic E-state index is 13.4. The predicted molar refractivity (Wildman–Crippen MR) is 106 cm³/mol. The minimum absolute atomic E-state index is 0.00922. The second-order valence-corrected chi connectivity index (χ2v) is 7.12. The Hall–Kier alpha value is -2.35. The summed E-state index contributed by atoms with van der Waals surface area (Å²) in [6, 6.07) is 10.9. The molecule has 2 N–H and O–H groups in total. The van der Waals surface area contributed by atoms with E-state index < -0.39 is 24.0 Å². The summed E-state index contributed by atoms with van der Waals surface area (Å²) in [4.78, 5) is 11.3. The summed E-state index contributed by atoms with van der Waals surface area (Å²) in [5, 5.41) is 19.3. The molecule has 8 heteroatoms. The smallest absolute Gasteiger partial charge is 0.333 e. The van der Waals surface area contributed by atoms with Gasteiger partial charge in [-0.05, 0) is 43.7 Å². The van der Waals surface area contributed by atoms with Crippen molar-refractivity contribution in [3.05, 3.63) is 58.9 Å². The van der Waals surface area contributed by atoms with Crippen LogP contribution in [0.25, 0.3) is 0 Å². The van der Waals surface area contributed by atoms with Crippen LogP contribution < -0.4 is 9.47 Å². The Kier molecular flexibility index (Phi) is 8.70. The zero-order valence-corrected chi connectivity index (χ0v) is 16.9. The third kappa shape index (κ3) is 7.89. The van der Waals surface area contributed by atoms with Gasteiger partial charge in [-0.15, -0.1) is 0 Å². The first-order valence-electron chi connectivity index (χ1n) is 9.10. The minimum Gasteiger partial charge on any atom is -0.491 e. The van der Waals surface area contributed by atoms with Crippen LogP contribution in [0.3, 0.4) is 0 Å². The molecule has 2 aromatic carbocycles. The van der Waals surface area contributed by atoms with Crippen LogP contribution in [-0.4, -0.2) is 47.7 Å². The van der Waals surface area contributed by atoms with Crippen LogP contribution in [0, 0.1) is 5.82 Å². The van der Waals surface area contributed by atoms with Gasteiger partial charge in [-0.1, -0.05) is 23.7 Å². The van der Waals surface area contributed by atoms with Crippen LogP contribution >= 0.6 is 11.6 Å². The molecule has 0 saturated heterocycles. The van der Waals surface area contributed by atoms with Gasteiger partial charge in [0.1, 0.15) is 36.6 Å². The van der Waals surface area contributed by atoms with Crippen molar-refractivity contribution in [1.82, 2.24) is 0 Å². The maximum atomic E-state index is 13.4. The van der Waals surface area contributed by atoms with E-state index in [0.29, 0.717) is 5.75 Å². The topological polar surface area (TPSA) is 85.2 Å². The fraction of sp³-hybridized carbons (Fsp3) is 0.381. The van der Waals surface area contributed by atoms with E-state index in [9.17, 15) is 19.4 Å². The second-order valence-electron chi connectivity index (χ2n) is 6.71. The van der Waals surface area contributed by atoms with Crippen molar-refractivity contribution >= 4 is 17.6 Å². The number of ether oxygens (including phenoxy) is 3. The number of hydrogen-bond donors (Lipinski definition) is 2. The molecule has 0 aliphatic heterocycles. The summed E-state index contributed by atoms with van der Waals surface area (Å²) in [5.41, 5.74) is 0.734. The van der Waals surface area contributed by atoms with Gasteiger partial charge < -0.3 is 24.4 Å². The van der Waals surface area contributed by atoms with E-state index in [1.54, 1.807) is 38.1 Å². The fourth-order valence-corrected chi connectivity index (χ4v) is 2.62. The Morgan fingerprint density at radius 1 is 1.10 bits per heavy atom. The minimum atomic E-state index is -1.03. The Labute approximate surface area is 173 Å². The molecule has 158 valence electrons. The number of carboxylic acids is 1. The van der Waals surface area contributed by atoms with Crippen molar-refractivity contribution in [2.45, 2.75) is 38.6 Å². The zero-order valence-electron chi connectivity index (χ0n) is 16.2. The number of rotatable bonds is 11.